The van der Waals surface area contributed by atoms with Crippen molar-refractivity contribution in [2.24, 2.45) is 46.3 Å². The van der Waals surface area contributed by atoms with Crippen LogP contribution in [0.2, 0.25) is 0 Å². The summed E-state index contributed by atoms with van der Waals surface area (Å²) in [7, 11) is 0. The van der Waals surface area contributed by atoms with Gasteiger partial charge in [-0.15, -0.1) is 0 Å². The topological polar surface area (TPSA) is 157 Å². The summed E-state index contributed by atoms with van der Waals surface area (Å²) >= 11 is 0. The zero-order chi connectivity index (χ0) is 65.6. The molecule has 25 heteroatoms. The van der Waals surface area contributed by atoms with Crippen LogP contribution in [0.4, 0.5) is 65.9 Å². The fourth-order valence-corrected chi connectivity index (χ4v) is 17.1. The van der Waals surface area contributed by atoms with Gasteiger partial charge in [-0.3, -0.25) is 0 Å². The van der Waals surface area contributed by atoms with E-state index >= 15 is 52.7 Å². The van der Waals surface area contributed by atoms with Crippen LogP contribution >= 0.6 is 0 Å². The largest absolute Gasteiger partial charge is 0.394 e. The van der Waals surface area contributed by atoms with Crippen molar-refractivity contribution in [1.29, 1.82) is 0 Å². The lowest BCUT2D eigenvalue weighted by Crippen LogP contribution is -2.60. The van der Waals surface area contributed by atoms with Crippen molar-refractivity contribution < 1.29 is 95.8 Å². The minimum atomic E-state index is -2.61. The lowest BCUT2D eigenvalue weighted by Gasteiger charge is -2.61. The third-order valence-electron chi connectivity index (χ3n) is 21.6. The molecule has 6 N–H and O–H groups in total. The molecule has 14 atom stereocenters. The Hall–Kier alpha value is -7.03. The Kier molecular flexibility index (Phi) is 16.2. The molecule has 0 radical (unpaired) electrons. The summed E-state index contributed by atoms with van der Waals surface area (Å²) in [5, 5.41) is 41.3. The molecule has 5 fully saturated rings. The summed E-state index contributed by atoms with van der Waals surface area (Å²) < 4.78 is 245. The molecular formula is C67H59F15N4O6. The van der Waals surface area contributed by atoms with Gasteiger partial charge in [0.2, 0.25) is 17.5 Å². The molecule has 7 aliphatic rings. The van der Waals surface area contributed by atoms with Gasteiger partial charge in [0.05, 0.1) is 52.2 Å². The van der Waals surface area contributed by atoms with E-state index in [9.17, 15) is 33.6 Å². The number of nitrogens with zero attached hydrogens (tertiary/aromatic N) is 2. The second-order valence-electron chi connectivity index (χ2n) is 26.1. The molecule has 6 heterocycles. The van der Waals surface area contributed by atoms with Crippen LogP contribution in [-0.2, 0) is 15.9 Å². The van der Waals surface area contributed by atoms with Gasteiger partial charge in [0, 0.05) is 44.3 Å². The molecule has 4 saturated carbocycles. The number of nitrogens with one attached hydrogen (secondary N) is 2. The van der Waals surface area contributed by atoms with Crippen molar-refractivity contribution in [1.82, 2.24) is 19.9 Å². The van der Waals surface area contributed by atoms with E-state index in [0.717, 1.165) is 75.3 Å². The SMILES string of the molecule is C[C@H](CCc1c2nc(c(-c3c(F)c(F)c(F)c(F)c3F)c3ccc([nH]3)c(-c3c(F)c(F)c(F)c(F)c3F)c3nc(c(-c4c(F)c(F)c(F)c(F)c4F)c4ccc1[nH]4)C=C3)C=C2)[C@H]1CC[C@H]2[C@@H]3CC[C@@H]4C[C@H](O[C@@H]5O[C@H](CO)[C@@H](O)[C@H](O)[C@H]5O)CC[C@]4(C)[C@H]3CC[C@]12C. The van der Waals surface area contributed by atoms with E-state index in [4.69, 9.17) is 14.5 Å². The number of hydrogen-bond acceptors (Lipinski definition) is 8. The highest BCUT2D eigenvalue weighted by molar-refractivity contribution is 5.98. The molecule has 488 valence electrons. The number of ether oxygens (including phenoxy) is 2. The minimum absolute atomic E-state index is 0.0182. The fourth-order valence-electron chi connectivity index (χ4n) is 17.1. The predicted octanol–water partition coefficient (Wildman–Crippen LogP) is 15.2. The van der Waals surface area contributed by atoms with Crippen molar-refractivity contribution in [2.75, 3.05) is 6.61 Å². The summed E-state index contributed by atoms with van der Waals surface area (Å²) in [4.78, 5) is 14.5. The maximum Gasteiger partial charge on any atom is 0.200 e. The highest BCUT2D eigenvalue weighted by Gasteiger charge is 2.61. The van der Waals surface area contributed by atoms with Crippen molar-refractivity contribution in [3.8, 4) is 33.4 Å². The van der Waals surface area contributed by atoms with Crippen LogP contribution in [0.1, 0.15) is 113 Å². The highest BCUT2D eigenvalue weighted by atomic mass is 19.2. The van der Waals surface area contributed by atoms with E-state index in [-0.39, 0.29) is 57.9 Å². The first-order valence-electron chi connectivity index (χ1n) is 30.4. The number of hydrogen-bond donors (Lipinski definition) is 6. The molecule has 8 bridgehead atoms. The molecular weight excluding hydrogens is 1240 g/mol. The monoisotopic (exact) mass is 1300 g/mol. The first kappa shape index (κ1) is 63.7. The lowest BCUT2D eigenvalue weighted by molar-refractivity contribution is -0.316. The van der Waals surface area contributed by atoms with E-state index < -0.39 is 192 Å². The summed E-state index contributed by atoms with van der Waals surface area (Å²) in [5.74, 6) is -35.1. The second-order valence-corrected chi connectivity index (χ2v) is 26.1. The molecule has 6 aromatic rings. The number of benzene rings is 3. The molecule has 10 nitrogen and oxygen atoms in total. The zero-order valence-electron chi connectivity index (χ0n) is 49.2. The Labute approximate surface area is 514 Å². The van der Waals surface area contributed by atoms with E-state index in [1.807, 2.05) is 0 Å². The molecule has 1 saturated heterocycles. The number of aliphatic hydroxyl groups excluding tert-OH is 4. The van der Waals surface area contributed by atoms with Crippen LogP contribution in [-0.4, -0.2) is 83.8 Å². The van der Waals surface area contributed by atoms with E-state index in [0.29, 0.717) is 37.0 Å². The standard InChI is InChI=1S/C67H59F15N4O6/c1-24(29-8-9-30-27-7-5-25-22-26(18-20-66(25,2)31(27)19-21-67(29,30)3)91-65-64(90)63(89)62(88)40(23-87)92-65)4-6-28-32-10-12-34(83-32)41(44-47(68)53(74)59(80)54(75)48(44)69)36-14-16-38(85-36)43(46-51(72)57(78)61(82)58(79)52(46)73)39-17-15-37(86-39)42(35-13-11-33(28)84-35)45-49(70)55(76)60(81)56(77)50(45)71/h10-17,24-27,29-31,40,62-65,83,86-90H,4-9,18-23H2,1-3H3/t24-,25-,26-,27+,29-,30+,31+,40-,62-,63+,64-,65-,66+,67-/m1/s1. The Bertz CT molecular complexity index is 4130. The molecule has 0 amide bonds. The number of aromatic amines is 2. The molecule has 0 spiro atoms. The second kappa shape index (κ2) is 23.5. The summed E-state index contributed by atoms with van der Waals surface area (Å²) in [6.07, 6.45) is 5.14. The summed E-state index contributed by atoms with van der Waals surface area (Å²) in [6, 6.07) is 4.30. The first-order chi connectivity index (χ1) is 43.7. The van der Waals surface area contributed by atoms with Gasteiger partial charge in [0.1, 0.15) is 24.4 Å². The van der Waals surface area contributed by atoms with Gasteiger partial charge in [-0.2, -0.15) is 0 Å². The average molecular weight is 1300 g/mol. The Morgan fingerprint density at radius 3 is 1.41 bits per heavy atom. The third-order valence-corrected chi connectivity index (χ3v) is 21.6. The van der Waals surface area contributed by atoms with E-state index in [1.165, 1.54) is 18.2 Å². The van der Waals surface area contributed by atoms with Crippen LogP contribution in [0.25, 0.3) is 79.8 Å². The minimum Gasteiger partial charge on any atom is -0.394 e. The number of aryl methyl sites for hydroxylation is 1. The van der Waals surface area contributed by atoms with Gasteiger partial charge in [0.25, 0.3) is 0 Å². The van der Waals surface area contributed by atoms with E-state index in [2.05, 4.69) is 35.7 Å². The van der Waals surface area contributed by atoms with Gasteiger partial charge >= 0.3 is 0 Å². The Morgan fingerprint density at radius 1 is 0.500 bits per heavy atom. The van der Waals surface area contributed by atoms with Crippen LogP contribution in [0, 0.1) is 134 Å². The predicted molar refractivity (Wildman–Crippen MR) is 306 cm³/mol. The molecule has 3 aromatic carbocycles. The number of H-pyrrole nitrogens is 2. The van der Waals surface area contributed by atoms with Gasteiger partial charge in [-0.1, -0.05) is 20.8 Å². The molecule has 3 aromatic heterocycles. The first-order valence-corrected chi connectivity index (χ1v) is 30.4. The summed E-state index contributed by atoms with van der Waals surface area (Å²) in [5.41, 5.74) is -11.2. The normalized spacial score (nSPS) is 28.8. The maximum absolute atomic E-state index is 16.3. The van der Waals surface area contributed by atoms with Gasteiger partial charge in [-0.05, 0) is 166 Å². The Balaban J connectivity index is 0.918. The molecule has 3 aliphatic heterocycles. The smallest absolute Gasteiger partial charge is 0.200 e. The lowest BCUT2D eigenvalue weighted by atomic mass is 9.44. The number of halogens is 15. The van der Waals surface area contributed by atoms with Crippen LogP contribution in [0.3, 0.4) is 0 Å². The van der Waals surface area contributed by atoms with Crippen LogP contribution in [0.5, 0.6) is 0 Å². The molecule has 92 heavy (non-hydrogen) atoms. The molecule has 0 unspecified atom stereocenters. The van der Waals surface area contributed by atoms with Crippen LogP contribution < -0.4 is 0 Å². The van der Waals surface area contributed by atoms with Crippen molar-refractivity contribution >= 4 is 46.4 Å². The zero-order valence-corrected chi connectivity index (χ0v) is 49.2. The fraction of sp³-hybridized carbons (Fsp3) is 0.433. The van der Waals surface area contributed by atoms with E-state index in [1.54, 1.807) is 0 Å². The number of aliphatic hydroxyl groups is 4. The number of fused-ring (bicyclic) bond motifs is 13. The van der Waals surface area contributed by atoms with Gasteiger partial charge in [-0.25, -0.2) is 75.8 Å². The summed E-state index contributed by atoms with van der Waals surface area (Å²) in [6.45, 7) is 6.21. The van der Waals surface area contributed by atoms with Gasteiger partial charge in [0.15, 0.2) is 76.1 Å². The Morgan fingerprint density at radius 2 is 0.924 bits per heavy atom. The molecule has 13 rings (SSSR count). The van der Waals surface area contributed by atoms with Crippen LogP contribution in [0.15, 0.2) is 24.3 Å². The van der Waals surface area contributed by atoms with Crippen molar-refractivity contribution in [3.05, 3.63) is 140 Å². The average Bonchev–Trinajstić information content (AvgIpc) is 1.43. The van der Waals surface area contributed by atoms with Crippen molar-refractivity contribution in [3.63, 3.8) is 0 Å². The maximum atomic E-state index is 16.3. The van der Waals surface area contributed by atoms with Gasteiger partial charge < -0.3 is 39.9 Å². The van der Waals surface area contributed by atoms with Crippen molar-refractivity contribution in [2.45, 2.75) is 128 Å². The number of rotatable bonds is 10. The number of aromatic nitrogens is 4. The third kappa shape index (κ3) is 9.84. The quantitative estimate of drug-likeness (QED) is 0.0342. The molecule has 4 aliphatic carbocycles. The highest BCUT2D eigenvalue weighted by Crippen LogP contribution is 2.69.